The lowest BCUT2D eigenvalue weighted by Crippen LogP contribution is -2.50. The average Bonchev–Trinajstić information content (AvgIpc) is 2.85. The van der Waals surface area contributed by atoms with E-state index in [1.54, 1.807) is 12.1 Å². The Kier molecular flexibility index (Phi) is 12.6. The number of hydrogen-bond donors (Lipinski definition) is 3. The number of anilines is 1. The van der Waals surface area contributed by atoms with Crippen LogP contribution in [0.5, 0.6) is 0 Å². The first-order valence-corrected chi connectivity index (χ1v) is 13.1. The predicted molar refractivity (Wildman–Crippen MR) is 142 cm³/mol. The molecule has 0 bridgehead atoms. The molecule has 0 radical (unpaired) electrons. The molecule has 0 fully saturated rings. The highest BCUT2D eigenvalue weighted by Crippen LogP contribution is 2.32. The van der Waals surface area contributed by atoms with E-state index in [0.717, 1.165) is 50.8 Å². The fourth-order valence-electron chi connectivity index (χ4n) is 4.07. The number of rotatable bonds is 16. The summed E-state index contributed by atoms with van der Waals surface area (Å²) in [5, 5.41) is 8.99. The second-order valence-corrected chi connectivity index (χ2v) is 10.1. The zero-order valence-electron chi connectivity index (χ0n) is 22.8. The van der Waals surface area contributed by atoms with Gasteiger partial charge in [0, 0.05) is 31.5 Å². The Morgan fingerprint density at radius 1 is 0.941 bits per heavy atom. The van der Waals surface area contributed by atoms with Crippen LogP contribution in [0.1, 0.15) is 97.3 Å². The van der Waals surface area contributed by atoms with Gasteiger partial charge in [0.1, 0.15) is 6.04 Å². The lowest BCUT2D eigenvalue weighted by atomic mass is 9.82. The van der Waals surface area contributed by atoms with Crippen LogP contribution in [0.2, 0.25) is 0 Å². The molecule has 2 amide bonds. The zero-order chi connectivity index (χ0) is 25.8. The van der Waals surface area contributed by atoms with Gasteiger partial charge in [-0.15, -0.1) is 0 Å². The molecule has 0 saturated carbocycles. The van der Waals surface area contributed by atoms with Gasteiger partial charge < -0.3 is 20.7 Å². The molecule has 0 aliphatic carbocycles. The van der Waals surface area contributed by atoms with Gasteiger partial charge in [-0.25, -0.2) is 0 Å². The molecule has 1 aromatic carbocycles. The maximum atomic E-state index is 13.0. The second-order valence-electron chi connectivity index (χ2n) is 10.1. The lowest BCUT2D eigenvalue weighted by molar-refractivity contribution is -0.124. The molecule has 6 nitrogen and oxygen atoms in total. The van der Waals surface area contributed by atoms with E-state index < -0.39 is 6.04 Å². The minimum absolute atomic E-state index is 0.0281. The number of benzene rings is 1. The van der Waals surface area contributed by atoms with Crippen molar-refractivity contribution in [3.63, 3.8) is 0 Å². The summed E-state index contributed by atoms with van der Waals surface area (Å²) in [6, 6.07) is 6.61. The minimum atomic E-state index is -0.593. The van der Waals surface area contributed by atoms with Crippen LogP contribution in [-0.4, -0.2) is 43.7 Å². The van der Waals surface area contributed by atoms with Crippen LogP contribution >= 0.6 is 0 Å². The monoisotopic (exact) mass is 475 g/mol. The van der Waals surface area contributed by atoms with Gasteiger partial charge in [0.15, 0.2) is 0 Å². The third kappa shape index (κ3) is 8.94. The third-order valence-electron chi connectivity index (χ3n) is 7.66. The molecule has 1 aromatic rings. The minimum Gasteiger partial charge on any atom is -0.388 e. The Morgan fingerprint density at radius 3 is 2.00 bits per heavy atom. The number of amides is 2. The van der Waals surface area contributed by atoms with Gasteiger partial charge in [0.25, 0.3) is 5.91 Å². The summed E-state index contributed by atoms with van der Waals surface area (Å²) in [5.41, 5.74) is 1.55. The fourth-order valence-corrected chi connectivity index (χ4v) is 4.07. The van der Waals surface area contributed by atoms with Gasteiger partial charge in [-0.2, -0.15) is 0 Å². The van der Waals surface area contributed by atoms with Gasteiger partial charge in [-0.3, -0.25) is 9.59 Å². The van der Waals surface area contributed by atoms with Crippen LogP contribution in [0, 0.1) is 11.3 Å². The van der Waals surface area contributed by atoms with E-state index in [2.05, 4.69) is 50.6 Å². The molecule has 1 atom stereocenters. The highest BCUT2D eigenvalue weighted by atomic mass is 16.5. The van der Waals surface area contributed by atoms with E-state index >= 15 is 0 Å². The number of hydrogen-bond acceptors (Lipinski definition) is 4. The van der Waals surface area contributed by atoms with Crippen molar-refractivity contribution in [3.8, 4) is 0 Å². The highest BCUT2D eigenvalue weighted by molar-refractivity contribution is 5.97. The van der Waals surface area contributed by atoms with E-state index in [4.69, 9.17) is 4.74 Å². The normalized spacial score (nSPS) is 13.0. The van der Waals surface area contributed by atoms with E-state index in [1.165, 1.54) is 0 Å². The summed E-state index contributed by atoms with van der Waals surface area (Å²) in [6.45, 7) is 16.3. The van der Waals surface area contributed by atoms with Crippen molar-refractivity contribution in [2.45, 2.75) is 98.6 Å². The van der Waals surface area contributed by atoms with E-state index in [1.807, 2.05) is 33.0 Å². The largest absolute Gasteiger partial charge is 0.388 e. The Morgan fingerprint density at radius 2 is 1.53 bits per heavy atom. The van der Waals surface area contributed by atoms with Crippen LogP contribution in [0.3, 0.4) is 0 Å². The Labute approximate surface area is 208 Å². The molecule has 1 unspecified atom stereocenters. The summed E-state index contributed by atoms with van der Waals surface area (Å²) in [5.74, 6) is -0.424. The van der Waals surface area contributed by atoms with Crippen LogP contribution in [0.4, 0.5) is 5.69 Å². The van der Waals surface area contributed by atoms with Crippen LogP contribution < -0.4 is 16.0 Å². The van der Waals surface area contributed by atoms with Gasteiger partial charge in [-0.05, 0) is 61.3 Å². The maximum absolute atomic E-state index is 13.0. The Hall–Kier alpha value is -2.08. The third-order valence-corrected chi connectivity index (χ3v) is 7.66. The molecule has 0 aromatic heterocycles. The standard InChI is InChI=1S/C28H49N3O3/c1-9-27(7,10-2)18-20-34-28(11-3,12-4)17-19-30-26(33)24(21(5)6)31-25(32)22-13-15-23(29-8)16-14-22/h13-16,21,24,29H,9-12,17-20H2,1-8H3,(H,30,33)(H,31,32). The molecule has 0 heterocycles. The Bertz CT molecular complexity index is 738. The number of ether oxygens (including phenoxy) is 1. The van der Waals surface area contributed by atoms with E-state index in [0.29, 0.717) is 17.5 Å². The molecule has 194 valence electrons. The van der Waals surface area contributed by atoms with Gasteiger partial charge in [0.05, 0.1) is 5.60 Å². The maximum Gasteiger partial charge on any atom is 0.251 e. The van der Waals surface area contributed by atoms with Crippen LogP contribution in [0.15, 0.2) is 24.3 Å². The van der Waals surface area contributed by atoms with Gasteiger partial charge in [0.2, 0.25) is 5.91 Å². The van der Waals surface area contributed by atoms with Crippen molar-refractivity contribution in [2.24, 2.45) is 11.3 Å². The molecule has 0 aliphatic rings. The predicted octanol–water partition coefficient (Wildman–Crippen LogP) is 5.78. The summed E-state index contributed by atoms with van der Waals surface area (Å²) < 4.78 is 6.43. The zero-order valence-corrected chi connectivity index (χ0v) is 22.8. The van der Waals surface area contributed by atoms with Gasteiger partial charge in [-0.1, -0.05) is 61.3 Å². The summed E-state index contributed by atoms with van der Waals surface area (Å²) in [7, 11) is 1.83. The lowest BCUT2D eigenvalue weighted by Gasteiger charge is -2.35. The summed E-state index contributed by atoms with van der Waals surface area (Å²) in [6.07, 6.45) is 5.91. The highest BCUT2D eigenvalue weighted by Gasteiger charge is 2.30. The second kappa shape index (κ2) is 14.3. The van der Waals surface area contributed by atoms with Crippen molar-refractivity contribution in [3.05, 3.63) is 29.8 Å². The molecule has 6 heteroatoms. The quantitative estimate of drug-likeness (QED) is 0.283. The van der Waals surface area contributed by atoms with E-state index in [9.17, 15) is 9.59 Å². The molecule has 0 aliphatic heterocycles. The average molecular weight is 476 g/mol. The molecule has 3 N–H and O–H groups in total. The Balaban J connectivity index is 2.68. The molecular formula is C28H49N3O3. The first-order chi connectivity index (χ1) is 16.1. The van der Waals surface area contributed by atoms with Crippen molar-refractivity contribution < 1.29 is 14.3 Å². The molecular weight excluding hydrogens is 426 g/mol. The van der Waals surface area contributed by atoms with Crippen LogP contribution in [-0.2, 0) is 9.53 Å². The molecule has 0 spiro atoms. The summed E-state index contributed by atoms with van der Waals surface area (Å²) >= 11 is 0. The van der Waals surface area contributed by atoms with Crippen molar-refractivity contribution in [1.82, 2.24) is 10.6 Å². The summed E-state index contributed by atoms with van der Waals surface area (Å²) in [4.78, 5) is 25.7. The topological polar surface area (TPSA) is 79.5 Å². The molecule has 0 saturated heterocycles. The van der Waals surface area contributed by atoms with Crippen LogP contribution in [0.25, 0.3) is 0 Å². The van der Waals surface area contributed by atoms with Crippen molar-refractivity contribution >= 4 is 17.5 Å². The number of carbonyl (C=O) groups excluding carboxylic acids is 2. The SMILES string of the molecule is CCC(C)(CC)CCOC(CC)(CC)CCNC(=O)C(NC(=O)c1ccc(NC)cc1)C(C)C. The molecule has 1 rings (SSSR count). The first-order valence-electron chi connectivity index (χ1n) is 13.1. The molecule has 34 heavy (non-hydrogen) atoms. The van der Waals surface area contributed by atoms with Crippen molar-refractivity contribution in [1.29, 1.82) is 0 Å². The number of carbonyl (C=O) groups is 2. The fraction of sp³-hybridized carbons (Fsp3) is 0.714. The smallest absolute Gasteiger partial charge is 0.251 e. The van der Waals surface area contributed by atoms with Gasteiger partial charge >= 0.3 is 0 Å². The first kappa shape index (κ1) is 30.0. The van der Waals surface area contributed by atoms with E-state index in [-0.39, 0.29) is 23.3 Å². The number of nitrogens with one attached hydrogen (secondary N) is 3. The van der Waals surface area contributed by atoms with Crippen molar-refractivity contribution in [2.75, 3.05) is 25.5 Å².